The molecule has 2 aromatic rings. The Morgan fingerprint density at radius 1 is 1.50 bits per heavy atom. The van der Waals surface area contributed by atoms with Gasteiger partial charge in [0, 0.05) is 6.54 Å². The number of halogens is 4. The maximum absolute atomic E-state index is 12.3. The average Bonchev–Trinajstić information content (AvgIpc) is 2.94. The van der Waals surface area contributed by atoms with E-state index in [0.717, 1.165) is 0 Å². The molecule has 1 fully saturated rings. The normalized spacial score (nSPS) is 20.5. The van der Waals surface area contributed by atoms with E-state index in [1.54, 1.807) is 13.0 Å². The summed E-state index contributed by atoms with van der Waals surface area (Å²) < 4.78 is 47.4. The molecule has 144 valence electrons. The van der Waals surface area contributed by atoms with Crippen LogP contribution in [0.1, 0.15) is 6.92 Å². The molecule has 1 amide bonds. The Labute approximate surface area is 157 Å². The highest BCUT2D eigenvalue weighted by molar-refractivity contribution is 7.22. The zero-order valence-corrected chi connectivity index (χ0v) is 15.3. The Morgan fingerprint density at radius 2 is 2.27 bits per heavy atom. The largest absolute Gasteiger partial charge is 0.484 e. The number of aromatic nitrogens is 1. The molecule has 2 N–H and O–H groups in total. The molecular weight excluding hydrogens is 395 g/mol. The number of carbonyl (C=O) groups excluding carboxylic acids is 1. The summed E-state index contributed by atoms with van der Waals surface area (Å²) in [6.07, 6.45) is -4.65. The predicted octanol–water partition coefficient (Wildman–Crippen LogP) is 2.97. The predicted molar refractivity (Wildman–Crippen MR) is 94.3 cm³/mol. The van der Waals surface area contributed by atoms with Crippen molar-refractivity contribution in [2.75, 3.05) is 25.1 Å². The Bertz CT molecular complexity index is 771. The Hall–Kier alpha value is -1.62. The topological polar surface area (TPSA) is 72.5 Å². The fraction of sp³-hybridized carbons (Fsp3) is 0.467. The van der Waals surface area contributed by atoms with Gasteiger partial charge in [-0.2, -0.15) is 13.2 Å². The molecule has 1 aliphatic rings. The van der Waals surface area contributed by atoms with Crippen molar-refractivity contribution < 1.29 is 27.4 Å². The van der Waals surface area contributed by atoms with Crippen LogP contribution in [0, 0.1) is 0 Å². The second-order valence-electron chi connectivity index (χ2n) is 5.55. The first kappa shape index (κ1) is 20.7. The van der Waals surface area contributed by atoms with E-state index in [4.69, 9.17) is 9.47 Å². The quantitative estimate of drug-likeness (QED) is 0.809. The molecule has 0 saturated carbocycles. The molecule has 1 saturated heterocycles. The van der Waals surface area contributed by atoms with Gasteiger partial charge in [-0.15, -0.1) is 12.4 Å². The lowest BCUT2D eigenvalue weighted by molar-refractivity contribution is -0.153. The SMILES string of the molecule is C[C@H]1OCCN[C@@H]1C(=O)Nc1nc2ccc(OCC(F)(F)F)cc2s1.Cl. The number of nitrogens with one attached hydrogen (secondary N) is 2. The van der Waals surface area contributed by atoms with E-state index < -0.39 is 18.8 Å². The van der Waals surface area contributed by atoms with Crippen molar-refractivity contribution in [3.05, 3.63) is 18.2 Å². The van der Waals surface area contributed by atoms with Crippen molar-refractivity contribution >= 4 is 45.0 Å². The van der Waals surface area contributed by atoms with Gasteiger partial charge in [0.1, 0.15) is 11.8 Å². The third-order valence-corrected chi connectivity index (χ3v) is 4.53. The van der Waals surface area contributed by atoms with Gasteiger partial charge in [-0.05, 0) is 25.1 Å². The van der Waals surface area contributed by atoms with Crippen molar-refractivity contribution in [3.63, 3.8) is 0 Å². The summed E-state index contributed by atoms with van der Waals surface area (Å²) in [6, 6.07) is 3.96. The fourth-order valence-corrected chi connectivity index (χ4v) is 3.32. The summed E-state index contributed by atoms with van der Waals surface area (Å²) >= 11 is 1.17. The molecule has 1 aromatic carbocycles. The van der Waals surface area contributed by atoms with Gasteiger partial charge in [0.05, 0.1) is 22.9 Å². The molecule has 0 unspecified atom stereocenters. The lowest BCUT2D eigenvalue weighted by Gasteiger charge is -2.28. The highest BCUT2D eigenvalue weighted by Crippen LogP contribution is 2.30. The lowest BCUT2D eigenvalue weighted by atomic mass is 10.1. The van der Waals surface area contributed by atoms with Crippen molar-refractivity contribution in [1.82, 2.24) is 10.3 Å². The minimum Gasteiger partial charge on any atom is -0.484 e. The van der Waals surface area contributed by atoms with Gasteiger partial charge in [-0.3, -0.25) is 4.79 Å². The van der Waals surface area contributed by atoms with Gasteiger partial charge >= 0.3 is 6.18 Å². The van der Waals surface area contributed by atoms with Crippen LogP contribution >= 0.6 is 23.7 Å². The molecule has 0 bridgehead atoms. The van der Waals surface area contributed by atoms with E-state index in [1.165, 1.54) is 23.5 Å². The molecule has 2 atom stereocenters. The maximum atomic E-state index is 12.3. The molecule has 0 aliphatic carbocycles. The number of morpholine rings is 1. The van der Waals surface area contributed by atoms with Crippen molar-refractivity contribution in [1.29, 1.82) is 0 Å². The van der Waals surface area contributed by atoms with Crippen LogP contribution in [-0.2, 0) is 9.53 Å². The highest BCUT2D eigenvalue weighted by atomic mass is 35.5. The second-order valence-corrected chi connectivity index (χ2v) is 6.58. The van der Waals surface area contributed by atoms with Gasteiger partial charge in [0.2, 0.25) is 5.91 Å². The van der Waals surface area contributed by atoms with Crippen LogP contribution in [0.2, 0.25) is 0 Å². The van der Waals surface area contributed by atoms with Crippen LogP contribution in [0.25, 0.3) is 10.2 Å². The number of benzene rings is 1. The number of carbonyl (C=O) groups is 1. The summed E-state index contributed by atoms with van der Waals surface area (Å²) in [5.41, 5.74) is 0.570. The van der Waals surface area contributed by atoms with E-state index in [1.807, 2.05) is 0 Å². The number of nitrogens with zero attached hydrogens (tertiary/aromatic N) is 1. The van der Waals surface area contributed by atoms with Gasteiger partial charge in [-0.1, -0.05) is 11.3 Å². The molecule has 1 aromatic heterocycles. The fourth-order valence-electron chi connectivity index (χ4n) is 2.42. The third-order valence-electron chi connectivity index (χ3n) is 3.59. The Kier molecular flexibility index (Phi) is 6.67. The molecule has 1 aliphatic heterocycles. The second kappa shape index (κ2) is 8.38. The van der Waals surface area contributed by atoms with Crippen LogP contribution in [0.5, 0.6) is 5.75 Å². The number of thiazole rings is 1. The number of anilines is 1. The van der Waals surface area contributed by atoms with Crippen LogP contribution in [-0.4, -0.2) is 49.0 Å². The van der Waals surface area contributed by atoms with Gasteiger partial charge < -0.3 is 20.1 Å². The molecule has 0 spiro atoms. The first-order chi connectivity index (χ1) is 11.8. The summed E-state index contributed by atoms with van der Waals surface area (Å²) in [4.78, 5) is 16.6. The van der Waals surface area contributed by atoms with Crippen molar-refractivity contribution in [3.8, 4) is 5.75 Å². The van der Waals surface area contributed by atoms with Gasteiger partial charge in [0.25, 0.3) is 0 Å². The number of amides is 1. The van der Waals surface area contributed by atoms with E-state index in [2.05, 4.69) is 15.6 Å². The highest BCUT2D eigenvalue weighted by Gasteiger charge is 2.29. The number of fused-ring (bicyclic) bond motifs is 1. The van der Waals surface area contributed by atoms with Crippen LogP contribution < -0.4 is 15.4 Å². The van der Waals surface area contributed by atoms with E-state index >= 15 is 0 Å². The Morgan fingerprint density at radius 3 is 2.96 bits per heavy atom. The summed E-state index contributed by atoms with van der Waals surface area (Å²) in [7, 11) is 0. The van der Waals surface area contributed by atoms with E-state index in [9.17, 15) is 18.0 Å². The van der Waals surface area contributed by atoms with E-state index in [0.29, 0.717) is 28.5 Å². The number of hydrogen-bond acceptors (Lipinski definition) is 6. The lowest BCUT2D eigenvalue weighted by Crippen LogP contribution is -2.53. The molecule has 3 rings (SSSR count). The van der Waals surface area contributed by atoms with Crippen LogP contribution in [0.15, 0.2) is 18.2 Å². The molecule has 2 heterocycles. The minimum absolute atomic E-state index is 0. The monoisotopic (exact) mass is 411 g/mol. The maximum Gasteiger partial charge on any atom is 0.422 e. The number of hydrogen-bond donors (Lipinski definition) is 2. The Balaban J connectivity index is 0.00000243. The number of alkyl halides is 3. The van der Waals surface area contributed by atoms with Gasteiger partial charge in [0.15, 0.2) is 11.7 Å². The van der Waals surface area contributed by atoms with Crippen molar-refractivity contribution in [2.24, 2.45) is 0 Å². The third kappa shape index (κ3) is 5.19. The van der Waals surface area contributed by atoms with Crippen LogP contribution in [0.3, 0.4) is 0 Å². The van der Waals surface area contributed by atoms with Crippen LogP contribution in [0.4, 0.5) is 18.3 Å². The van der Waals surface area contributed by atoms with Crippen molar-refractivity contribution in [2.45, 2.75) is 25.2 Å². The first-order valence-electron chi connectivity index (χ1n) is 7.58. The van der Waals surface area contributed by atoms with Gasteiger partial charge in [-0.25, -0.2) is 4.98 Å². The number of rotatable bonds is 4. The minimum atomic E-state index is -4.40. The summed E-state index contributed by atoms with van der Waals surface area (Å²) in [5, 5.41) is 6.16. The number of ether oxygens (including phenoxy) is 2. The molecule has 11 heteroatoms. The zero-order chi connectivity index (χ0) is 18.0. The average molecular weight is 412 g/mol. The molecular formula is C15H17ClF3N3O3S. The van der Waals surface area contributed by atoms with E-state index in [-0.39, 0.29) is 30.2 Å². The molecule has 26 heavy (non-hydrogen) atoms. The smallest absolute Gasteiger partial charge is 0.422 e. The standard InChI is InChI=1S/C15H16F3N3O3S.ClH/c1-8-12(19-4-5-23-8)13(22)21-14-20-10-3-2-9(6-11(10)25-14)24-7-15(16,17)18;/h2-3,6,8,12,19H,4-5,7H2,1H3,(H,20,21,22);1H/t8-,12+;/m1./s1. The first-order valence-corrected chi connectivity index (χ1v) is 8.39. The molecule has 6 nitrogen and oxygen atoms in total. The summed E-state index contributed by atoms with van der Waals surface area (Å²) in [5.74, 6) is -0.165. The summed E-state index contributed by atoms with van der Waals surface area (Å²) in [6.45, 7) is 1.58. The molecule has 0 radical (unpaired) electrons. The zero-order valence-electron chi connectivity index (χ0n) is 13.6.